The number of amides is 1. The van der Waals surface area contributed by atoms with Crippen LogP contribution >= 0.6 is 12.6 Å². The molecule has 0 spiro atoms. The third-order valence-corrected chi connectivity index (χ3v) is 1.87. The number of hydrogen-bond donors (Lipinski definition) is 4. The summed E-state index contributed by atoms with van der Waals surface area (Å²) in [5, 5.41) is 16.9. The maximum atomic E-state index is 11.4. The van der Waals surface area contributed by atoms with Gasteiger partial charge in [-0.25, -0.2) is 0 Å². The van der Waals surface area contributed by atoms with E-state index >= 15 is 0 Å². The molecule has 8 heteroatoms. The van der Waals surface area contributed by atoms with Crippen molar-refractivity contribution >= 4 is 30.5 Å². The monoisotopic (exact) mass is 236 g/mol. The van der Waals surface area contributed by atoms with E-state index in [4.69, 9.17) is 15.9 Å². The van der Waals surface area contributed by atoms with Crippen LogP contribution in [0.15, 0.2) is 0 Å². The first kappa shape index (κ1) is 13.7. The normalized spacial score (nSPS) is 11.9. The molecule has 1 atom stereocenters. The Labute approximate surface area is 91.3 Å². The van der Waals surface area contributed by atoms with E-state index in [0.29, 0.717) is 4.90 Å². The van der Waals surface area contributed by atoms with Gasteiger partial charge in [-0.1, -0.05) is 0 Å². The Hall–Kier alpha value is -1.28. The number of nitrogens with two attached hydrogens (primary N) is 1. The summed E-state index contributed by atoms with van der Waals surface area (Å²) in [6, 6.07) is -0.993. The maximum Gasteiger partial charge on any atom is 0.323 e. The van der Waals surface area contributed by atoms with Crippen LogP contribution in [-0.2, 0) is 14.4 Å². The molecular weight excluding hydrogens is 224 g/mol. The van der Waals surface area contributed by atoms with Gasteiger partial charge in [-0.2, -0.15) is 12.6 Å². The van der Waals surface area contributed by atoms with Crippen LogP contribution < -0.4 is 5.73 Å². The standard InChI is InChI=1S/C7H12N2O5S/c8-4(3-15)7(14)9(1-5(10)11)2-6(12)13/h4,15H,1-3,8H2,(H,10,11)(H,12,13)/t4-/m0/s1. The largest absolute Gasteiger partial charge is 0.480 e. The summed E-state index contributed by atoms with van der Waals surface area (Å²) >= 11 is 3.76. The Bertz CT molecular complexity index is 254. The Balaban J connectivity index is 4.53. The number of nitrogens with zero attached hydrogens (tertiary/aromatic N) is 1. The van der Waals surface area contributed by atoms with Gasteiger partial charge in [0.1, 0.15) is 13.1 Å². The molecule has 0 saturated carbocycles. The van der Waals surface area contributed by atoms with E-state index < -0.39 is 37.0 Å². The fourth-order valence-electron chi connectivity index (χ4n) is 0.851. The molecule has 0 rings (SSSR count). The van der Waals surface area contributed by atoms with Crippen LogP contribution in [0.2, 0.25) is 0 Å². The van der Waals surface area contributed by atoms with Crippen LogP contribution in [0.4, 0.5) is 0 Å². The van der Waals surface area contributed by atoms with E-state index in [1.165, 1.54) is 0 Å². The smallest absolute Gasteiger partial charge is 0.323 e. The molecule has 86 valence electrons. The highest BCUT2D eigenvalue weighted by molar-refractivity contribution is 7.80. The predicted molar refractivity (Wildman–Crippen MR) is 53.7 cm³/mol. The number of carbonyl (C=O) groups excluding carboxylic acids is 1. The zero-order valence-electron chi connectivity index (χ0n) is 7.79. The second-order valence-corrected chi connectivity index (χ2v) is 3.14. The van der Waals surface area contributed by atoms with Crippen molar-refractivity contribution in [2.24, 2.45) is 5.73 Å². The van der Waals surface area contributed by atoms with E-state index in [2.05, 4.69) is 12.6 Å². The van der Waals surface area contributed by atoms with Crippen LogP contribution in [0.3, 0.4) is 0 Å². The number of carboxylic acids is 2. The summed E-state index contributed by atoms with van der Waals surface area (Å²) < 4.78 is 0. The molecule has 0 bridgehead atoms. The Morgan fingerprint density at radius 3 is 1.87 bits per heavy atom. The van der Waals surface area contributed by atoms with E-state index in [0.717, 1.165) is 0 Å². The van der Waals surface area contributed by atoms with Gasteiger partial charge in [-0.05, 0) is 0 Å². The zero-order chi connectivity index (χ0) is 12.0. The van der Waals surface area contributed by atoms with Gasteiger partial charge in [0, 0.05) is 5.75 Å². The van der Waals surface area contributed by atoms with E-state index in [-0.39, 0.29) is 5.75 Å². The minimum absolute atomic E-state index is 0.0224. The summed E-state index contributed by atoms with van der Waals surface area (Å²) in [6.45, 7) is -1.38. The molecular formula is C7H12N2O5S. The molecule has 0 saturated heterocycles. The maximum absolute atomic E-state index is 11.4. The van der Waals surface area contributed by atoms with E-state index in [1.54, 1.807) is 0 Å². The summed E-state index contributed by atoms with van der Waals surface area (Å²) in [7, 11) is 0. The van der Waals surface area contributed by atoms with Gasteiger partial charge < -0.3 is 20.8 Å². The van der Waals surface area contributed by atoms with E-state index in [1.807, 2.05) is 0 Å². The minimum atomic E-state index is -1.30. The lowest BCUT2D eigenvalue weighted by atomic mass is 10.3. The molecule has 0 aromatic rings. The lowest BCUT2D eigenvalue weighted by Crippen LogP contribution is -2.48. The van der Waals surface area contributed by atoms with Gasteiger partial charge in [0.15, 0.2) is 0 Å². The number of aliphatic carboxylic acids is 2. The molecule has 0 aromatic carbocycles. The molecule has 0 aliphatic heterocycles. The summed E-state index contributed by atoms with van der Waals surface area (Å²) in [5.74, 6) is -3.31. The molecule has 0 radical (unpaired) electrons. The van der Waals surface area contributed by atoms with Crippen LogP contribution in [0.1, 0.15) is 0 Å². The summed E-state index contributed by atoms with van der Waals surface area (Å²) in [6.07, 6.45) is 0. The van der Waals surface area contributed by atoms with Gasteiger partial charge >= 0.3 is 11.9 Å². The van der Waals surface area contributed by atoms with Gasteiger partial charge in [0.25, 0.3) is 0 Å². The van der Waals surface area contributed by atoms with Crippen LogP contribution in [0, 0.1) is 0 Å². The fourth-order valence-corrected chi connectivity index (χ4v) is 1.01. The van der Waals surface area contributed by atoms with Crippen molar-refractivity contribution in [3.63, 3.8) is 0 Å². The van der Waals surface area contributed by atoms with Gasteiger partial charge in [-0.15, -0.1) is 0 Å². The fraction of sp³-hybridized carbons (Fsp3) is 0.571. The van der Waals surface area contributed by atoms with Crippen LogP contribution in [0.25, 0.3) is 0 Å². The van der Waals surface area contributed by atoms with Gasteiger partial charge in [-0.3, -0.25) is 14.4 Å². The molecule has 15 heavy (non-hydrogen) atoms. The van der Waals surface area contributed by atoms with Gasteiger partial charge in [0.2, 0.25) is 5.91 Å². The number of thiol groups is 1. The van der Waals surface area contributed by atoms with Crippen molar-refractivity contribution in [3.05, 3.63) is 0 Å². The van der Waals surface area contributed by atoms with Crippen molar-refractivity contribution in [1.82, 2.24) is 4.90 Å². The number of carbonyl (C=O) groups is 3. The highest BCUT2D eigenvalue weighted by atomic mass is 32.1. The molecule has 0 aromatic heterocycles. The second-order valence-electron chi connectivity index (χ2n) is 2.77. The first-order valence-electron chi connectivity index (χ1n) is 3.97. The predicted octanol–water partition coefficient (Wildman–Crippen LogP) is -1.76. The highest BCUT2D eigenvalue weighted by Crippen LogP contribution is 1.96. The summed E-state index contributed by atoms with van der Waals surface area (Å²) in [5.41, 5.74) is 5.32. The van der Waals surface area contributed by atoms with Gasteiger partial charge in [0.05, 0.1) is 6.04 Å². The molecule has 4 N–H and O–H groups in total. The average molecular weight is 236 g/mol. The lowest BCUT2D eigenvalue weighted by Gasteiger charge is -2.21. The number of rotatable bonds is 6. The number of carboxylic acid groups (broad SMARTS) is 2. The van der Waals surface area contributed by atoms with Crippen LogP contribution in [-0.4, -0.2) is 57.8 Å². The average Bonchev–Trinajstić information content (AvgIpc) is 2.13. The summed E-state index contributed by atoms with van der Waals surface area (Å²) in [4.78, 5) is 32.7. The Kier molecular flexibility index (Phi) is 5.72. The molecule has 0 fully saturated rings. The first-order chi connectivity index (χ1) is 6.88. The quantitative estimate of drug-likeness (QED) is 0.405. The van der Waals surface area contributed by atoms with Crippen LogP contribution in [0.5, 0.6) is 0 Å². The van der Waals surface area contributed by atoms with Crippen molar-refractivity contribution in [2.75, 3.05) is 18.8 Å². The van der Waals surface area contributed by atoms with Crippen molar-refractivity contribution in [1.29, 1.82) is 0 Å². The molecule has 0 unspecified atom stereocenters. The minimum Gasteiger partial charge on any atom is -0.480 e. The Morgan fingerprint density at radius 1 is 1.20 bits per heavy atom. The van der Waals surface area contributed by atoms with Crippen molar-refractivity contribution in [3.8, 4) is 0 Å². The molecule has 0 heterocycles. The molecule has 7 nitrogen and oxygen atoms in total. The first-order valence-corrected chi connectivity index (χ1v) is 4.60. The lowest BCUT2D eigenvalue weighted by molar-refractivity contribution is -0.149. The molecule has 1 amide bonds. The number of hydrogen-bond acceptors (Lipinski definition) is 5. The van der Waals surface area contributed by atoms with Crippen molar-refractivity contribution in [2.45, 2.75) is 6.04 Å². The molecule has 0 aliphatic rings. The second kappa shape index (κ2) is 6.25. The van der Waals surface area contributed by atoms with Crippen molar-refractivity contribution < 1.29 is 24.6 Å². The third kappa shape index (κ3) is 5.23. The zero-order valence-corrected chi connectivity index (χ0v) is 8.68. The topological polar surface area (TPSA) is 121 Å². The SMILES string of the molecule is N[C@@H](CS)C(=O)N(CC(=O)O)CC(=O)O. The highest BCUT2D eigenvalue weighted by Gasteiger charge is 2.23. The van der Waals surface area contributed by atoms with E-state index in [9.17, 15) is 14.4 Å². The Morgan fingerprint density at radius 2 is 1.60 bits per heavy atom. The third-order valence-electron chi connectivity index (χ3n) is 1.48. The molecule has 0 aliphatic carbocycles.